The van der Waals surface area contributed by atoms with Crippen LogP contribution in [0.2, 0.25) is 5.02 Å². The second kappa shape index (κ2) is 7.53. The van der Waals surface area contributed by atoms with Gasteiger partial charge in [-0.25, -0.2) is 4.79 Å². The zero-order valence-electron chi connectivity index (χ0n) is 15.7. The predicted octanol–water partition coefficient (Wildman–Crippen LogP) is 5.34. The summed E-state index contributed by atoms with van der Waals surface area (Å²) in [6.45, 7) is 3.85. The molecule has 0 radical (unpaired) electrons. The molecule has 144 valence electrons. The first-order chi connectivity index (χ1) is 13.9. The number of carbonyl (C=O) groups excluding carboxylic acids is 1. The molecule has 0 saturated heterocycles. The van der Waals surface area contributed by atoms with Crippen molar-refractivity contribution in [3.05, 3.63) is 92.9 Å². The van der Waals surface area contributed by atoms with Crippen molar-refractivity contribution < 1.29 is 13.9 Å². The molecule has 0 aliphatic rings. The average molecular weight is 406 g/mol. The number of ether oxygens (including phenoxy) is 1. The first-order valence-electron chi connectivity index (χ1n) is 8.90. The fourth-order valence-corrected chi connectivity index (χ4v) is 3.08. The Labute approximate surface area is 171 Å². The molecule has 0 aliphatic heterocycles. The van der Waals surface area contributed by atoms with Gasteiger partial charge in [0.1, 0.15) is 5.58 Å². The van der Waals surface area contributed by atoms with E-state index in [-0.39, 0.29) is 17.1 Å². The summed E-state index contributed by atoms with van der Waals surface area (Å²) in [6.07, 6.45) is 2.96. The lowest BCUT2D eigenvalue weighted by atomic mass is 10.0. The zero-order chi connectivity index (χ0) is 20.5. The highest BCUT2D eigenvalue weighted by Crippen LogP contribution is 2.33. The minimum Gasteiger partial charge on any atom is -0.452 e. The maximum atomic E-state index is 13.2. The lowest BCUT2D eigenvalue weighted by Crippen LogP contribution is -2.16. The maximum absolute atomic E-state index is 13.2. The van der Waals surface area contributed by atoms with Gasteiger partial charge in [-0.2, -0.15) is 0 Å². The van der Waals surface area contributed by atoms with Crippen LogP contribution in [0.15, 0.2) is 70.1 Å². The smallest absolute Gasteiger partial charge is 0.343 e. The van der Waals surface area contributed by atoms with Crippen LogP contribution in [0.4, 0.5) is 0 Å². The van der Waals surface area contributed by atoms with Gasteiger partial charge in [0, 0.05) is 23.0 Å². The van der Waals surface area contributed by atoms with Gasteiger partial charge in [0.15, 0.2) is 5.76 Å². The van der Waals surface area contributed by atoms with Gasteiger partial charge in [0.2, 0.25) is 11.2 Å². The van der Waals surface area contributed by atoms with Crippen molar-refractivity contribution in [2.45, 2.75) is 13.8 Å². The second-order valence-corrected chi connectivity index (χ2v) is 7.09. The highest BCUT2D eigenvalue weighted by molar-refractivity contribution is 6.30. The van der Waals surface area contributed by atoms with Crippen LogP contribution >= 0.6 is 11.6 Å². The molecule has 0 N–H and O–H groups in total. The first kappa shape index (κ1) is 18.9. The minimum atomic E-state index is -0.668. The monoisotopic (exact) mass is 405 g/mol. The Morgan fingerprint density at radius 2 is 1.66 bits per heavy atom. The standard InChI is InChI=1S/C23H16ClNO4/c1-13-11-18-19(12-14(13)2)28-21(15-3-5-17(24)6-4-15)22(20(18)26)29-23(27)16-7-9-25-10-8-16/h3-12H,1-2H3. The molecule has 0 saturated carbocycles. The summed E-state index contributed by atoms with van der Waals surface area (Å²) in [5.74, 6) is -0.659. The third-order valence-corrected chi connectivity index (χ3v) is 4.93. The van der Waals surface area contributed by atoms with E-state index in [2.05, 4.69) is 4.98 Å². The summed E-state index contributed by atoms with van der Waals surface area (Å²) in [5.41, 5.74) is 2.79. The Morgan fingerprint density at radius 3 is 2.34 bits per heavy atom. The van der Waals surface area contributed by atoms with E-state index in [1.807, 2.05) is 13.8 Å². The van der Waals surface area contributed by atoms with Crippen molar-refractivity contribution >= 4 is 28.5 Å². The number of hydrogen-bond acceptors (Lipinski definition) is 5. The molecule has 6 heteroatoms. The zero-order valence-corrected chi connectivity index (χ0v) is 16.5. The molecule has 0 amide bonds. The van der Waals surface area contributed by atoms with Gasteiger partial charge in [-0.3, -0.25) is 9.78 Å². The minimum absolute atomic E-state index is 0.162. The molecule has 2 heterocycles. The molecule has 5 nitrogen and oxygen atoms in total. The number of aromatic nitrogens is 1. The lowest BCUT2D eigenvalue weighted by molar-refractivity contribution is 0.0731. The average Bonchev–Trinajstić information content (AvgIpc) is 2.73. The van der Waals surface area contributed by atoms with Crippen LogP contribution in [0, 0.1) is 13.8 Å². The van der Waals surface area contributed by atoms with Crippen LogP contribution in [0.5, 0.6) is 5.75 Å². The lowest BCUT2D eigenvalue weighted by Gasteiger charge is -2.12. The number of rotatable bonds is 3. The highest BCUT2D eigenvalue weighted by Gasteiger charge is 2.21. The van der Waals surface area contributed by atoms with Gasteiger partial charge in [-0.05, 0) is 73.5 Å². The van der Waals surface area contributed by atoms with E-state index in [0.29, 0.717) is 21.6 Å². The van der Waals surface area contributed by atoms with Gasteiger partial charge in [0.05, 0.1) is 10.9 Å². The van der Waals surface area contributed by atoms with Crippen molar-refractivity contribution in [3.63, 3.8) is 0 Å². The van der Waals surface area contributed by atoms with E-state index in [1.165, 1.54) is 24.5 Å². The summed E-state index contributed by atoms with van der Waals surface area (Å²) >= 11 is 5.98. The maximum Gasteiger partial charge on any atom is 0.343 e. The number of halogens is 1. The Balaban J connectivity index is 1.94. The first-order valence-corrected chi connectivity index (χ1v) is 9.28. The number of benzene rings is 2. The quantitative estimate of drug-likeness (QED) is 0.430. The largest absolute Gasteiger partial charge is 0.452 e. The third kappa shape index (κ3) is 3.65. The van der Waals surface area contributed by atoms with Crippen molar-refractivity contribution in [3.8, 4) is 17.1 Å². The number of nitrogens with zero attached hydrogens (tertiary/aromatic N) is 1. The molecule has 29 heavy (non-hydrogen) atoms. The van der Waals surface area contributed by atoms with E-state index in [4.69, 9.17) is 20.8 Å². The van der Waals surface area contributed by atoms with Crippen molar-refractivity contribution in [2.24, 2.45) is 0 Å². The normalized spacial score (nSPS) is 10.9. The molecule has 0 unspecified atom stereocenters. The molecular weight excluding hydrogens is 390 g/mol. The van der Waals surface area contributed by atoms with Crippen LogP contribution in [0.25, 0.3) is 22.3 Å². The topological polar surface area (TPSA) is 69.4 Å². The predicted molar refractivity (Wildman–Crippen MR) is 112 cm³/mol. The number of esters is 1. The Morgan fingerprint density at radius 1 is 1.00 bits per heavy atom. The van der Waals surface area contributed by atoms with E-state index >= 15 is 0 Å². The van der Waals surface area contributed by atoms with Crippen molar-refractivity contribution in [2.75, 3.05) is 0 Å². The fraction of sp³-hybridized carbons (Fsp3) is 0.0870. The molecule has 0 fully saturated rings. The summed E-state index contributed by atoms with van der Waals surface area (Å²) < 4.78 is 11.6. The van der Waals surface area contributed by atoms with E-state index in [0.717, 1.165) is 11.1 Å². The van der Waals surface area contributed by atoms with Gasteiger partial charge in [0.25, 0.3) is 0 Å². The molecule has 0 bridgehead atoms. The van der Waals surface area contributed by atoms with Crippen LogP contribution in [-0.4, -0.2) is 11.0 Å². The number of aryl methyl sites for hydroxylation is 2. The van der Waals surface area contributed by atoms with Crippen molar-refractivity contribution in [1.82, 2.24) is 4.98 Å². The van der Waals surface area contributed by atoms with Gasteiger partial charge < -0.3 is 9.15 Å². The number of pyridine rings is 1. The Kier molecular flexibility index (Phi) is 4.91. The van der Waals surface area contributed by atoms with Gasteiger partial charge in [-0.15, -0.1) is 0 Å². The Hall–Kier alpha value is -3.44. The molecule has 0 aliphatic carbocycles. The second-order valence-electron chi connectivity index (χ2n) is 6.65. The summed E-state index contributed by atoms with van der Waals surface area (Å²) in [7, 11) is 0. The molecule has 4 rings (SSSR count). The van der Waals surface area contributed by atoms with Crippen LogP contribution < -0.4 is 10.2 Å². The molecule has 0 atom stereocenters. The molecular formula is C23H16ClNO4. The molecule has 2 aromatic heterocycles. The van der Waals surface area contributed by atoms with E-state index < -0.39 is 11.4 Å². The van der Waals surface area contributed by atoms with Crippen LogP contribution in [0.3, 0.4) is 0 Å². The summed E-state index contributed by atoms with van der Waals surface area (Å²) in [5, 5.41) is 0.891. The van der Waals surface area contributed by atoms with Crippen molar-refractivity contribution in [1.29, 1.82) is 0 Å². The van der Waals surface area contributed by atoms with E-state index in [9.17, 15) is 9.59 Å². The van der Waals surface area contributed by atoms with Crippen LogP contribution in [0.1, 0.15) is 21.5 Å². The highest BCUT2D eigenvalue weighted by atomic mass is 35.5. The summed E-state index contributed by atoms with van der Waals surface area (Å²) in [6, 6.07) is 13.3. The molecule has 4 aromatic rings. The Bertz CT molecular complexity index is 1280. The van der Waals surface area contributed by atoms with E-state index in [1.54, 1.807) is 36.4 Å². The third-order valence-electron chi connectivity index (χ3n) is 4.68. The molecule has 0 spiro atoms. The fourth-order valence-electron chi connectivity index (χ4n) is 2.96. The van der Waals surface area contributed by atoms with Gasteiger partial charge >= 0.3 is 5.97 Å². The summed E-state index contributed by atoms with van der Waals surface area (Å²) in [4.78, 5) is 29.7. The number of fused-ring (bicyclic) bond motifs is 1. The SMILES string of the molecule is Cc1cc2oc(-c3ccc(Cl)cc3)c(OC(=O)c3ccncc3)c(=O)c2cc1C. The van der Waals surface area contributed by atoms with Crippen LogP contribution in [-0.2, 0) is 0 Å². The number of hydrogen-bond donors (Lipinski definition) is 0. The van der Waals surface area contributed by atoms with Gasteiger partial charge in [-0.1, -0.05) is 11.6 Å². The molecule has 2 aromatic carbocycles. The number of carbonyl (C=O) groups is 1.